The molecule has 3 aliphatic heterocycles. The van der Waals surface area contributed by atoms with Gasteiger partial charge >= 0.3 is 6.30 Å². The molecular formula is C75H105F3N18O9. The van der Waals surface area contributed by atoms with Crippen molar-refractivity contribution in [2.75, 3.05) is 60.4 Å². The van der Waals surface area contributed by atoms with E-state index in [9.17, 15) is 57.9 Å². The number of guanidine groups is 3. The number of benzene rings is 3. The Morgan fingerprint density at radius 1 is 0.495 bits per heavy atom. The Hall–Kier alpha value is -9.03. The lowest BCUT2D eigenvalue weighted by atomic mass is 9.71. The maximum atomic E-state index is 13.7. The summed E-state index contributed by atoms with van der Waals surface area (Å²) in [6.45, 7) is 9.66. The third-order valence-electron chi connectivity index (χ3n) is 23.5. The Balaban J connectivity index is 0.000000169. The van der Waals surface area contributed by atoms with Crippen LogP contribution in [-0.2, 0) is 54.0 Å². The standard InChI is InChI=1S/C25H33F3N6O3.2C25H36N6O3/c1-3-15(6-5-9-30-24(29)31-34(36)37)10-22(35)16-11-19-18-7-4-8-20-23(18)17(12-21(19)32(2)13-16)14-33(20)25(26,27)28;2*1-4-16(7-6-10-27-25(26)28-31(33)34)11-23(32)17-12-20-19-8-5-9-21-24(19)18(15-29(21)2)13-22(20)30(3)14-17/h4,7-8,14-16,19,21H,3,5-6,9-13H2,1-2H3,(H3,29,30,31);2*5,8-9,15-17,20,22H,4,6-7,10-14H2,1-3H3,(H3,26,27,28)/t15-,16-,19-,21-;2*16-,17-,20-,22-/m111/s1. The van der Waals surface area contributed by atoms with E-state index in [1.807, 2.05) is 30.9 Å². The highest BCUT2D eigenvalue weighted by Crippen LogP contribution is 2.50. The van der Waals surface area contributed by atoms with Crippen LogP contribution >= 0.6 is 0 Å². The van der Waals surface area contributed by atoms with E-state index < -0.39 is 21.4 Å². The number of nitrogens with two attached hydrogens (primary N) is 3. The number of aromatic nitrogens is 3. The number of hydrogen-bond acceptors (Lipinski definition) is 15. The SMILES string of the molecule is CC[C@H](CCCN=C(N)N[N+](=O)[O-])CC(=O)[C@@H]1C[C@@H]2c3cccc4c3c(cn4C(F)(F)F)C[C@H]2N(C)C1.CC[C@H](CCCN=C(N)N[N+](=O)[O-])CC(=O)[C@@H]1C[C@@H]2c3cccc4c3c(cn4C)C[C@H]2N(C)C1.CC[C@H](CCCN=C(N)N[N+](=O)[O-])CC(=O)[C@@H]1C[C@@H]2c3cccc4c3c(cn4C)C[C@H]2N(C)C1. The number of Topliss-reactive ketones (excluding diaryl/α,β-unsaturated/α-hetero) is 3. The number of hydrazine groups is 3. The Morgan fingerprint density at radius 3 is 1.09 bits per heavy atom. The number of nitrogens with one attached hydrogen (secondary N) is 3. The van der Waals surface area contributed by atoms with Gasteiger partial charge < -0.3 is 41.0 Å². The summed E-state index contributed by atoms with van der Waals surface area (Å²) in [5.74, 6) is 1.76. The number of ketones is 3. The van der Waals surface area contributed by atoms with Crippen molar-refractivity contribution in [3.05, 3.63) is 137 Å². The molecule has 12 rings (SSSR count). The number of rotatable bonds is 27. The normalized spacial score (nSPS) is 23.3. The highest BCUT2D eigenvalue weighted by Gasteiger charge is 2.46. The number of hydrogen-bond donors (Lipinski definition) is 6. The minimum absolute atomic E-state index is 0.000493. The van der Waals surface area contributed by atoms with Crippen LogP contribution in [0.15, 0.2) is 88.2 Å². The topological polar surface area (TPSA) is 356 Å². The van der Waals surface area contributed by atoms with E-state index >= 15 is 0 Å². The molecule has 570 valence electrons. The summed E-state index contributed by atoms with van der Waals surface area (Å²) in [4.78, 5) is 90.1. The number of carbonyl (C=O) groups excluding carboxylic acids is 3. The molecule has 3 aliphatic carbocycles. The van der Waals surface area contributed by atoms with Crippen LogP contribution in [0.25, 0.3) is 32.7 Å². The monoisotopic (exact) mass is 1460 g/mol. The highest BCUT2D eigenvalue weighted by atomic mass is 19.4. The van der Waals surface area contributed by atoms with Crippen molar-refractivity contribution in [2.45, 2.75) is 179 Å². The largest absolute Gasteiger partial charge is 0.488 e. The molecule has 6 heterocycles. The zero-order valence-corrected chi connectivity index (χ0v) is 61.7. The van der Waals surface area contributed by atoms with Crippen LogP contribution in [0.1, 0.15) is 168 Å². The van der Waals surface area contributed by atoms with E-state index in [1.54, 1.807) is 11.5 Å². The lowest BCUT2D eigenvalue weighted by Gasteiger charge is -2.45. The van der Waals surface area contributed by atoms with E-state index in [1.165, 1.54) is 56.3 Å². The van der Waals surface area contributed by atoms with Crippen LogP contribution < -0.4 is 33.5 Å². The van der Waals surface area contributed by atoms with Gasteiger partial charge in [0.05, 0.1) is 5.52 Å². The van der Waals surface area contributed by atoms with Crippen molar-refractivity contribution in [1.82, 2.24) is 44.7 Å². The Morgan fingerprint density at radius 2 is 0.790 bits per heavy atom. The molecule has 9 N–H and O–H groups in total. The molecule has 0 spiro atoms. The van der Waals surface area contributed by atoms with Gasteiger partial charge in [0.2, 0.25) is 0 Å². The minimum Gasteiger partial charge on any atom is -0.365 e. The number of nitrogens with zero attached hydrogens (tertiary/aromatic N) is 12. The lowest BCUT2D eigenvalue weighted by Crippen LogP contribution is -2.49. The second-order valence-corrected chi connectivity index (χ2v) is 30.2. The third-order valence-corrected chi connectivity index (χ3v) is 23.5. The van der Waals surface area contributed by atoms with Crippen molar-refractivity contribution in [1.29, 1.82) is 0 Å². The van der Waals surface area contributed by atoms with Crippen LogP contribution in [0.5, 0.6) is 0 Å². The highest BCUT2D eigenvalue weighted by molar-refractivity contribution is 5.92. The number of likely N-dealkylation sites (N-methyl/N-ethyl adjacent to an activating group) is 3. The molecule has 0 amide bonds. The second kappa shape index (κ2) is 34.5. The number of likely N-dealkylation sites (tertiary alicyclic amines) is 3. The zero-order chi connectivity index (χ0) is 75.7. The fourth-order valence-electron chi connectivity index (χ4n) is 18.2. The molecule has 27 nitrogen and oxygen atoms in total. The predicted molar refractivity (Wildman–Crippen MR) is 400 cm³/mol. The van der Waals surface area contributed by atoms with Crippen molar-refractivity contribution >= 4 is 67.9 Å². The second-order valence-electron chi connectivity index (χ2n) is 30.2. The van der Waals surface area contributed by atoms with Crippen molar-refractivity contribution in [3.63, 3.8) is 0 Å². The quantitative estimate of drug-likeness (QED) is 0.00918. The number of aliphatic imine (C=N–C) groups is 3. The van der Waals surface area contributed by atoms with E-state index in [-0.39, 0.29) is 64.8 Å². The molecule has 6 aromatic rings. The number of fused-ring (bicyclic) bond motifs is 6. The van der Waals surface area contributed by atoms with Gasteiger partial charge in [-0.05, 0) is 168 Å². The number of halogens is 3. The molecule has 3 fully saturated rings. The summed E-state index contributed by atoms with van der Waals surface area (Å²) in [7, 11) is 10.5. The van der Waals surface area contributed by atoms with Gasteiger partial charge in [-0.1, -0.05) is 92.7 Å². The number of carbonyl (C=O) groups is 3. The van der Waals surface area contributed by atoms with Gasteiger partial charge in [-0.3, -0.25) is 19.0 Å². The van der Waals surface area contributed by atoms with Crippen LogP contribution in [0.2, 0.25) is 0 Å². The first-order valence-electron chi connectivity index (χ1n) is 37.2. The van der Waals surface area contributed by atoms with Crippen LogP contribution in [-0.4, -0.2) is 157 Å². The maximum Gasteiger partial charge on any atom is 0.488 e. The van der Waals surface area contributed by atoms with E-state index in [4.69, 9.17) is 17.2 Å². The average Bonchev–Trinajstić information content (AvgIpc) is 1.60. The first-order chi connectivity index (χ1) is 50.0. The van der Waals surface area contributed by atoms with Gasteiger partial charge in [0.25, 0.3) is 17.9 Å². The molecule has 0 saturated carbocycles. The molecular weight excluding hydrogens is 1350 g/mol. The van der Waals surface area contributed by atoms with E-state index in [0.29, 0.717) is 128 Å². The van der Waals surface area contributed by atoms with Gasteiger partial charge in [-0.2, -0.15) is 0 Å². The summed E-state index contributed by atoms with van der Waals surface area (Å²) < 4.78 is 45.8. The number of alkyl halides is 3. The number of nitro groups is 3. The molecule has 0 unspecified atom stereocenters. The van der Waals surface area contributed by atoms with Crippen molar-refractivity contribution in [2.24, 2.45) is 81.8 Å². The molecule has 3 aromatic carbocycles. The summed E-state index contributed by atoms with van der Waals surface area (Å²) in [5.41, 5.74) is 31.9. The average molecular weight is 1460 g/mol. The molecule has 6 aliphatic rings. The molecule has 0 bridgehead atoms. The number of aryl methyl sites for hydroxylation is 2. The first-order valence-corrected chi connectivity index (χ1v) is 37.2. The summed E-state index contributed by atoms with van der Waals surface area (Å²) in [5, 5.41) is 32.4. The molecule has 105 heavy (non-hydrogen) atoms. The zero-order valence-electron chi connectivity index (χ0n) is 61.7. The van der Waals surface area contributed by atoms with Crippen molar-refractivity contribution in [3.8, 4) is 0 Å². The fraction of sp³-hybridized carbons (Fsp3) is 0.600. The van der Waals surface area contributed by atoms with Crippen molar-refractivity contribution < 1.29 is 42.7 Å². The van der Waals surface area contributed by atoms with E-state index in [2.05, 4.69) is 130 Å². The van der Waals surface area contributed by atoms with Gasteiger partial charge in [-0.25, -0.2) is 45.3 Å². The van der Waals surface area contributed by atoms with Crippen LogP contribution in [0.4, 0.5) is 13.2 Å². The molecule has 3 saturated heterocycles. The molecule has 0 radical (unpaired) electrons. The summed E-state index contributed by atoms with van der Waals surface area (Å²) in [6.07, 6.45) is 15.3. The van der Waals surface area contributed by atoms with Gasteiger partial charge in [0.1, 0.15) is 17.3 Å². The minimum atomic E-state index is -4.48. The predicted octanol–water partition coefficient (Wildman–Crippen LogP) is 9.94. The maximum absolute atomic E-state index is 13.7. The summed E-state index contributed by atoms with van der Waals surface area (Å²) in [6, 6.07) is 19.3. The fourth-order valence-corrected chi connectivity index (χ4v) is 18.2. The van der Waals surface area contributed by atoms with Gasteiger partial charge in [0.15, 0.2) is 15.1 Å². The van der Waals surface area contributed by atoms with Crippen LogP contribution in [0, 0.1) is 65.9 Å². The van der Waals surface area contributed by atoms with E-state index in [0.717, 1.165) is 95.7 Å². The van der Waals surface area contributed by atoms with Crippen LogP contribution in [0.3, 0.4) is 0 Å². The van der Waals surface area contributed by atoms with Gasteiger partial charge in [0, 0.05) is 172 Å². The smallest absolute Gasteiger partial charge is 0.365 e. The number of piperidine rings is 3. The molecule has 12 atom stereocenters. The first kappa shape index (κ1) is 78.6. The third kappa shape index (κ3) is 18.6. The lowest BCUT2D eigenvalue weighted by molar-refractivity contribution is -0.525. The molecule has 3 aromatic heterocycles. The Labute approximate surface area is 610 Å². The Bertz CT molecular complexity index is 4050. The summed E-state index contributed by atoms with van der Waals surface area (Å²) >= 11 is 0. The van der Waals surface area contributed by atoms with Gasteiger partial charge in [-0.15, -0.1) is 13.2 Å². The Kier molecular flexibility index (Phi) is 25.8. The molecule has 30 heteroatoms.